The molecule has 0 aliphatic rings. The van der Waals surface area contributed by atoms with Crippen molar-refractivity contribution in [1.29, 1.82) is 5.41 Å². The number of aryl methyl sites for hydroxylation is 2. The monoisotopic (exact) mass is 301 g/mol. The van der Waals surface area contributed by atoms with Gasteiger partial charge in [-0.05, 0) is 37.1 Å². The van der Waals surface area contributed by atoms with Crippen molar-refractivity contribution in [3.63, 3.8) is 0 Å². The highest BCUT2D eigenvalue weighted by Crippen LogP contribution is 2.29. The predicted molar refractivity (Wildman–Crippen MR) is 88.8 cm³/mol. The molecule has 2 rings (SSSR count). The largest absolute Gasteiger partial charge is 0.631 e. The highest BCUT2D eigenvalue weighted by molar-refractivity contribution is 6.30. The van der Waals surface area contributed by atoms with E-state index in [0.717, 1.165) is 22.5 Å². The van der Waals surface area contributed by atoms with Gasteiger partial charge in [-0.3, -0.25) is 10.3 Å². The molecule has 116 valence electrons. The molecule has 0 atom stereocenters. The van der Waals surface area contributed by atoms with Crippen LogP contribution in [0.5, 0.6) is 0 Å². The highest BCUT2D eigenvalue weighted by Gasteiger charge is 2.15. The molecule has 0 unspecified atom stereocenters. The maximum Gasteiger partial charge on any atom is 0.631 e. The molecule has 0 aliphatic heterocycles. The van der Waals surface area contributed by atoms with Crippen LogP contribution in [0.4, 0.5) is 11.4 Å². The Morgan fingerprint density at radius 2 is 1.23 bits per heavy atom. The zero-order chi connectivity index (χ0) is 16.7. The molecule has 6 nitrogen and oxygen atoms in total. The first kappa shape index (κ1) is 17.7. The molecule has 22 heavy (non-hydrogen) atoms. The lowest BCUT2D eigenvalue weighted by Crippen LogP contribution is -2.33. The Morgan fingerprint density at radius 3 is 1.50 bits per heavy atom. The van der Waals surface area contributed by atoms with E-state index in [1.807, 2.05) is 62.4 Å². The van der Waals surface area contributed by atoms with Crippen LogP contribution in [0.3, 0.4) is 0 Å². The molecule has 0 aromatic heterocycles. The Morgan fingerprint density at radius 1 is 0.909 bits per heavy atom. The summed E-state index contributed by atoms with van der Waals surface area (Å²) in [6, 6.07) is 15.9. The van der Waals surface area contributed by atoms with Gasteiger partial charge in [0.2, 0.25) is 0 Å². The molecule has 6 N–H and O–H groups in total. The number of nitrogens with one attached hydrogen (secondary N) is 1. The molecule has 2 aromatic carbocycles. The van der Waals surface area contributed by atoms with Crippen LogP contribution in [0.15, 0.2) is 48.5 Å². The minimum Gasteiger partial charge on any atom is -0.402 e. The number of guanidine groups is 1. The van der Waals surface area contributed by atoms with Gasteiger partial charge in [-0.25, -0.2) is 0 Å². The Labute approximate surface area is 130 Å². The third-order valence-corrected chi connectivity index (χ3v) is 2.95. The number of hydrogen-bond donors (Lipinski definition) is 5. The van der Waals surface area contributed by atoms with Crippen LogP contribution < -0.4 is 10.6 Å². The van der Waals surface area contributed by atoms with Crippen LogP contribution in [-0.4, -0.2) is 28.4 Å². The predicted octanol–water partition coefficient (Wildman–Crippen LogP) is 1.28. The normalized spacial score (nSPS) is 9.50. The SMILES string of the molecule is Cc1ccccc1N(C(=N)N)c1ccccc1C.OB(O)O. The van der Waals surface area contributed by atoms with E-state index >= 15 is 0 Å². The lowest BCUT2D eigenvalue weighted by molar-refractivity contribution is 0.278. The van der Waals surface area contributed by atoms with Crippen LogP contribution in [0.25, 0.3) is 0 Å². The van der Waals surface area contributed by atoms with Crippen molar-refractivity contribution in [1.82, 2.24) is 0 Å². The summed E-state index contributed by atoms with van der Waals surface area (Å²) in [7, 11) is -2.17. The molecular formula is C15H20BN3O3. The third-order valence-electron chi connectivity index (χ3n) is 2.95. The average molecular weight is 301 g/mol. The van der Waals surface area contributed by atoms with Gasteiger partial charge in [0.05, 0.1) is 11.4 Å². The van der Waals surface area contributed by atoms with Crippen molar-refractivity contribution in [2.24, 2.45) is 5.73 Å². The van der Waals surface area contributed by atoms with Gasteiger partial charge in [-0.15, -0.1) is 0 Å². The van der Waals surface area contributed by atoms with E-state index in [-0.39, 0.29) is 5.96 Å². The van der Waals surface area contributed by atoms with E-state index < -0.39 is 7.32 Å². The molecule has 0 spiro atoms. The lowest BCUT2D eigenvalue weighted by atomic mass is 10.1. The summed E-state index contributed by atoms with van der Waals surface area (Å²) in [6.07, 6.45) is 0. The first-order valence-corrected chi connectivity index (χ1v) is 6.64. The van der Waals surface area contributed by atoms with E-state index in [2.05, 4.69) is 0 Å². The molecular weight excluding hydrogens is 281 g/mol. The van der Waals surface area contributed by atoms with Gasteiger partial charge in [-0.2, -0.15) is 0 Å². The summed E-state index contributed by atoms with van der Waals surface area (Å²) in [5.41, 5.74) is 9.82. The first-order valence-electron chi connectivity index (χ1n) is 6.64. The second-order valence-corrected chi connectivity index (χ2v) is 4.64. The molecule has 0 aliphatic carbocycles. The maximum atomic E-state index is 7.82. The minimum atomic E-state index is -2.17. The zero-order valence-corrected chi connectivity index (χ0v) is 12.6. The fraction of sp³-hybridized carbons (Fsp3) is 0.133. The van der Waals surface area contributed by atoms with Crippen molar-refractivity contribution in [2.75, 3.05) is 4.90 Å². The second-order valence-electron chi connectivity index (χ2n) is 4.64. The molecule has 0 heterocycles. The van der Waals surface area contributed by atoms with E-state index in [1.54, 1.807) is 4.90 Å². The fourth-order valence-electron chi connectivity index (χ4n) is 2.02. The van der Waals surface area contributed by atoms with E-state index in [4.69, 9.17) is 26.2 Å². The number of nitrogens with two attached hydrogens (primary N) is 1. The summed E-state index contributed by atoms with van der Waals surface area (Å²) in [4.78, 5) is 1.77. The van der Waals surface area contributed by atoms with Crippen molar-refractivity contribution in [3.05, 3.63) is 59.7 Å². The first-order chi connectivity index (χ1) is 10.3. The topological polar surface area (TPSA) is 114 Å². The smallest absolute Gasteiger partial charge is 0.402 e. The fourth-order valence-corrected chi connectivity index (χ4v) is 2.02. The number of nitrogens with zero attached hydrogens (tertiary/aromatic N) is 1. The molecule has 0 fully saturated rings. The summed E-state index contributed by atoms with van der Waals surface area (Å²) < 4.78 is 0. The molecule has 2 aromatic rings. The molecule has 0 saturated carbocycles. The minimum absolute atomic E-state index is 0.0265. The number of anilines is 2. The Hall–Kier alpha value is -2.35. The average Bonchev–Trinajstić information content (AvgIpc) is 2.42. The second kappa shape index (κ2) is 8.18. The summed E-state index contributed by atoms with van der Waals surface area (Å²) >= 11 is 0. The van der Waals surface area contributed by atoms with Crippen molar-refractivity contribution >= 4 is 24.7 Å². The summed E-state index contributed by atoms with van der Waals surface area (Å²) in [6.45, 7) is 4.03. The van der Waals surface area contributed by atoms with Gasteiger partial charge in [0.15, 0.2) is 5.96 Å². The van der Waals surface area contributed by atoms with E-state index in [9.17, 15) is 0 Å². The number of para-hydroxylation sites is 2. The highest BCUT2D eigenvalue weighted by atomic mass is 16.5. The zero-order valence-electron chi connectivity index (χ0n) is 12.6. The van der Waals surface area contributed by atoms with Gasteiger partial charge in [0.25, 0.3) is 0 Å². The van der Waals surface area contributed by atoms with Crippen LogP contribution >= 0.6 is 0 Å². The van der Waals surface area contributed by atoms with Crippen LogP contribution in [0, 0.1) is 19.3 Å². The number of hydrogen-bond acceptors (Lipinski definition) is 4. The van der Waals surface area contributed by atoms with Crippen LogP contribution in [-0.2, 0) is 0 Å². The summed E-state index contributed by atoms with van der Waals surface area (Å²) in [5.74, 6) is 0.0265. The molecule has 0 saturated heterocycles. The number of rotatable bonds is 2. The van der Waals surface area contributed by atoms with E-state index in [1.165, 1.54) is 0 Å². The molecule has 0 bridgehead atoms. The Balaban J connectivity index is 0.000000541. The molecule has 0 radical (unpaired) electrons. The molecule has 0 amide bonds. The van der Waals surface area contributed by atoms with Crippen LogP contribution in [0.2, 0.25) is 0 Å². The van der Waals surface area contributed by atoms with Crippen LogP contribution in [0.1, 0.15) is 11.1 Å². The molecule has 7 heteroatoms. The van der Waals surface area contributed by atoms with Crippen molar-refractivity contribution in [2.45, 2.75) is 13.8 Å². The standard InChI is InChI=1S/C15H17N3.BH3O3/c1-11-7-3-5-9-13(11)18(15(16)17)14-10-6-4-8-12(14)2;2-1(3)4/h3-10H,1-2H3,(H3,16,17);2-4H. The van der Waals surface area contributed by atoms with Gasteiger partial charge >= 0.3 is 7.32 Å². The summed E-state index contributed by atoms with van der Waals surface area (Å²) in [5, 5.41) is 29.3. The maximum absolute atomic E-state index is 7.82. The van der Waals surface area contributed by atoms with Gasteiger partial charge in [0, 0.05) is 0 Å². The van der Waals surface area contributed by atoms with E-state index in [0.29, 0.717) is 0 Å². The van der Waals surface area contributed by atoms with Crippen molar-refractivity contribution in [3.8, 4) is 0 Å². The third kappa shape index (κ3) is 4.89. The van der Waals surface area contributed by atoms with Gasteiger partial charge in [-0.1, -0.05) is 36.4 Å². The lowest BCUT2D eigenvalue weighted by Gasteiger charge is -2.26. The Kier molecular flexibility index (Phi) is 6.59. The Bertz CT molecular complexity index is 587. The number of benzene rings is 2. The van der Waals surface area contributed by atoms with Crippen molar-refractivity contribution < 1.29 is 15.1 Å². The van der Waals surface area contributed by atoms with Gasteiger partial charge < -0.3 is 20.8 Å². The quantitative estimate of drug-likeness (QED) is 0.326. The van der Waals surface area contributed by atoms with Gasteiger partial charge in [0.1, 0.15) is 0 Å².